The number of rotatable bonds is 8. The third-order valence-electron chi connectivity index (χ3n) is 6.92. The van der Waals surface area contributed by atoms with Gasteiger partial charge in [-0.05, 0) is 63.4 Å². The van der Waals surface area contributed by atoms with Gasteiger partial charge in [0.1, 0.15) is 11.7 Å². The highest BCUT2D eigenvalue weighted by Crippen LogP contribution is 2.40. The molecular weight excluding hydrogens is 577 g/mol. The highest BCUT2D eigenvalue weighted by atomic mass is 32.2. The molecule has 0 radical (unpaired) electrons. The third kappa shape index (κ3) is 8.04. The quantitative estimate of drug-likeness (QED) is 0.388. The topological polar surface area (TPSA) is 126 Å². The second-order valence-electron chi connectivity index (χ2n) is 11.4. The molecule has 2 aromatic carbocycles. The molecule has 1 saturated heterocycles. The van der Waals surface area contributed by atoms with Crippen LogP contribution < -0.4 is 9.04 Å². The van der Waals surface area contributed by atoms with Gasteiger partial charge in [-0.3, -0.25) is 9.10 Å². The maximum absolute atomic E-state index is 15.4. The number of fused-ring (bicyclic) bond motifs is 1. The largest absolute Gasteiger partial charge is 0.487 e. The van der Waals surface area contributed by atoms with Crippen LogP contribution in [-0.4, -0.2) is 68.6 Å². The van der Waals surface area contributed by atoms with Crippen LogP contribution in [0.15, 0.2) is 42.5 Å². The fourth-order valence-electron chi connectivity index (χ4n) is 5.05. The molecule has 1 atom stereocenters. The van der Waals surface area contributed by atoms with Crippen molar-refractivity contribution in [2.75, 3.05) is 29.8 Å². The van der Waals surface area contributed by atoms with E-state index in [4.69, 9.17) is 14.2 Å². The van der Waals surface area contributed by atoms with Gasteiger partial charge in [-0.15, -0.1) is 0 Å². The van der Waals surface area contributed by atoms with Gasteiger partial charge in [0.15, 0.2) is 17.3 Å². The summed E-state index contributed by atoms with van der Waals surface area (Å²) in [6, 6.07) is 10.7. The Morgan fingerprint density at radius 3 is 2.53 bits per heavy atom. The highest BCUT2D eigenvalue weighted by molar-refractivity contribution is 7.93. The highest BCUT2D eigenvalue weighted by Gasteiger charge is 2.39. The molecule has 2 aliphatic rings. The predicted molar refractivity (Wildman–Crippen MR) is 158 cm³/mol. The van der Waals surface area contributed by atoms with Crippen molar-refractivity contribution >= 4 is 33.8 Å². The first-order valence-electron chi connectivity index (χ1n) is 14.1. The number of sulfonamides is 1. The summed E-state index contributed by atoms with van der Waals surface area (Å²) < 4.78 is 59.7. The minimum Gasteiger partial charge on any atom is -0.487 e. The van der Waals surface area contributed by atoms with E-state index >= 15 is 4.39 Å². The Bertz CT molecular complexity index is 1540. The lowest BCUT2D eigenvalue weighted by molar-refractivity contribution is -0.139. The summed E-state index contributed by atoms with van der Waals surface area (Å²) in [6.45, 7) is 7.79. The number of halogens is 1. The summed E-state index contributed by atoms with van der Waals surface area (Å²) in [5.41, 5.74) is 1.18. The molecule has 0 spiro atoms. The van der Waals surface area contributed by atoms with E-state index in [0.717, 1.165) is 10.4 Å². The number of ether oxygens (including phenoxy) is 3. The van der Waals surface area contributed by atoms with Gasteiger partial charge in [-0.1, -0.05) is 24.3 Å². The lowest BCUT2D eigenvalue weighted by atomic mass is 10.1. The number of amides is 1. The Balaban J connectivity index is 1.56. The number of benzene rings is 2. The van der Waals surface area contributed by atoms with Crippen LogP contribution in [0.2, 0.25) is 0 Å². The average Bonchev–Trinajstić information content (AvgIpc) is 3.29. The van der Waals surface area contributed by atoms with E-state index in [1.165, 1.54) is 6.07 Å². The smallest absolute Gasteiger partial charge is 0.410 e. The van der Waals surface area contributed by atoms with Gasteiger partial charge in [0.25, 0.3) is 0 Å². The number of anilines is 1. The van der Waals surface area contributed by atoms with E-state index < -0.39 is 45.3 Å². The van der Waals surface area contributed by atoms with Gasteiger partial charge in [0.2, 0.25) is 10.0 Å². The van der Waals surface area contributed by atoms with Gasteiger partial charge in [0.05, 0.1) is 30.0 Å². The number of piperidine rings is 1. The SMILES string of the molecule is CCOC(=O)CS(=O)(=O)N1c2cc(F)c(OC3CCN(C(=O)OC(C)(C)C)CC3)cc2CC1/C=C/c1cccc(C#N)c1. The second-order valence-corrected chi connectivity index (χ2v) is 13.3. The van der Waals surface area contributed by atoms with Crippen molar-refractivity contribution < 1.29 is 36.6 Å². The van der Waals surface area contributed by atoms with Crippen LogP contribution in [0.3, 0.4) is 0 Å². The summed E-state index contributed by atoms with van der Waals surface area (Å²) in [5.74, 6) is -2.55. The molecule has 0 aliphatic carbocycles. The van der Waals surface area contributed by atoms with E-state index in [1.54, 1.807) is 69.0 Å². The molecule has 12 heteroatoms. The first kappa shape index (κ1) is 31.8. The molecule has 43 heavy (non-hydrogen) atoms. The predicted octanol–water partition coefficient (Wildman–Crippen LogP) is 4.81. The zero-order chi connectivity index (χ0) is 31.4. The molecule has 0 saturated carbocycles. The zero-order valence-corrected chi connectivity index (χ0v) is 25.5. The summed E-state index contributed by atoms with van der Waals surface area (Å²) in [7, 11) is -4.25. The lowest BCUT2D eigenvalue weighted by Crippen LogP contribution is -2.44. The molecule has 2 aromatic rings. The molecule has 2 heterocycles. The standard InChI is InChI=1S/C31H36FN3O7S/c1-5-40-29(36)20-43(38,39)35-24(10-9-21-7-6-8-22(15-21)19-33)16-23-17-28(26(32)18-27(23)35)41-25-11-13-34(14-12-25)30(37)42-31(2,3)4/h6-10,15,17-18,24-25H,5,11-14,16,20H2,1-4H3/b10-9+. The molecule has 1 fully saturated rings. The molecule has 10 nitrogen and oxygen atoms in total. The van der Waals surface area contributed by atoms with Crippen molar-refractivity contribution in [2.45, 2.75) is 64.7 Å². The van der Waals surface area contributed by atoms with Crippen LogP contribution in [0, 0.1) is 17.1 Å². The number of likely N-dealkylation sites (tertiary alicyclic amines) is 1. The van der Waals surface area contributed by atoms with Gasteiger partial charge < -0.3 is 19.1 Å². The average molecular weight is 614 g/mol. The van der Waals surface area contributed by atoms with Crippen LogP contribution in [0.25, 0.3) is 6.08 Å². The van der Waals surface area contributed by atoms with Gasteiger partial charge in [-0.2, -0.15) is 5.26 Å². The first-order chi connectivity index (χ1) is 20.3. The molecule has 0 aromatic heterocycles. The van der Waals surface area contributed by atoms with Crippen LogP contribution in [-0.2, 0) is 30.7 Å². The maximum atomic E-state index is 15.4. The number of hydrogen-bond acceptors (Lipinski definition) is 8. The summed E-state index contributed by atoms with van der Waals surface area (Å²) in [4.78, 5) is 26.1. The number of nitriles is 1. The second kappa shape index (κ2) is 13.0. The molecule has 2 aliphatic heterocycles. The van der Waals surface area contributed by atoms with Crippen molar-refractivity contribution in [2.24, 2.45) is 0 Å². The number of hydrogen-bond donors (Lipinski definition) is 0. The Labute approximate surface area is 251 Å². The Kier molecular flexibility index (Phi) is 9.65. The fraction of sp³-hybridized carbons (Fsp3) is 0.452. The lowest BCUT2D eigenvalue weighted by Gasteiger charge is -2.33. The molecule has 4 rings (SSSR count). The minimum atomic E-state index is -4.25. The summed E-state index contributed by atoms with van der Waals surface area (Å²) >= 11 is 0. The molecular formula is C31H36FN3O7S. The van der Waals surface area contributed by atoms with Crippen molar-refractivity contribution in [3.8, 4) is 11.8 Å². The number of nitrogens with zero attached hydrogens (tertiary/aromatic N) is 3. The molecule has 0 bridgehead atoms. The van der Waals surface area contributed by atoms with E-state index in [1.807, 2.05) is 0 Å². The van der Waals surface area contributed by atoms with Crippen LogP contribution in [0.1, 0.15) is 57.2 Å². The van der Waals surface area contributed by atoms with E-state index in [-0.39, 0.29) is 30.6 Å². The van der Waals surface area contributed by atoms with Gasteiger partial charge in [0, 0.05) is 32.0 Å². The summed E-state index contributed by atoms with van der Waals surface area (Å²) in [5, 5.41) is 9.21. The fourth-order valence-corrected chi connectivity index (χ4v) is 6.60. The van der Waals surface area contributed by atoms with Gasteiger partial charge in [-0.25, -0.2) is 17.6 Å². The Morgan fingerprint density at radius 1 is 1.16 bits per heavy atom. The van der Waals surface area contributed by atoms with Crippen LogP contribution >= 0.6 is 0 Å². The van der Waals surface area contributed by atoms with E-state index in [9.17, 15) is 23.3 Å². The van der Waals surface area contributed by atoms with Crippen molar-refractivity contribution in [1.82, 2.24) is 4.90 Å². The van der Waals surface area contributed by atoms with E-state index in [0.29, 0.717) is 42.6 Å². The maximum Gasteiger partial charge on any atom is 0.410 e. The van der Waals surface area contributed by atoms with Gasteiger partial charge >= 0.3 is 12.1 Å². The zero-order valence-electron chi connectivity index (χ0n) is 24.7. The van der Waals surface area contributed by atoms with Crippen molar-refractivity contribution in [1.29, 1.82) is 5.26 Å². The minimum absolute atomic E-state index is 0.0106. The molecule has 230 valence electrons. The monoisotopic (exact) mass is 613 g/mol. The van der Waals surface area contributed by atoms with Crippen LogP contribution in [0.5, 0.6) is 5.75 Å². The Morgan fingerprint density at radius 2 is 1.88 bits per heavy atom. The number of carbonyl (C=O) groups excluding carboxylic acids is 2. The molecule has 1 amide bonds. The molecule has 1 unspecified atom stereocenters. The number of carbonyl (C=O) groups is 2. The number of esters is 1. The first-order valence-corrected chi connectivity index (χ1v) is 15.7. The van der Waals surface area contributed by atoms with Crippen molar-refractivity contribution in [3.05, 3.63) is 65.0 Å². The van der Waals surface area contributed by atoms with Crippen molar-refractivity contribution in [3.63, 3.8) is 0 Å². The molecule has 0 N–H and O–H groups in total. The van der Waals surface area contributed by atoms with E-state index in [2.05, 4.69) is 6.07 Å². The summed E-state index contributed by atoms with van der Waals surface area (Å²) in [6.07, 6.45) is 3.75. The Hall–Kier alpha value is -4.11. The normalized spacial score (nSPS) is 17.4. The van der Waals surface area contributed by atoms with Crippen LogP contribution in [0.4, 0.5) is 14.9 Å². The third-order valence-corrected chi connectivity index (χ3v) is 8.59.